The molecule has 8 heteroatoms. The molecule has 1 N–H and O–H groups in total. The van der Waals surface area contributed by atoms with Gasteiger partial charge in [0.25, 0.3) is 0 Å². The minimum absolute atomic E-state index is 0.0459. The topological polar surface area (TPSA) is 66.1 Å². The van der Waals surface area contributed by atoms with E-state index in [1.54, 1.807) is 6.07 Å². The first-order valence-corrected chi connectivity index (χ1v) is 8.60. The number of hydrogen-bond donors (Lipinski definition) is 1. The lowest BCUT2D eigenvalue weighted by Gasteiger charge is -2.11. The summed E-state index contributed by atoms with van der Waals surface area (Å²) in [5, 5.41) is 19.4. The fourth-order valence-electron chi connectivity index (χ4n) is 2.39. The molecule has 3 rings (SSSR count). The molecule has 0 aliphatic carbocycles. The number of nitriles is 1. The largest absolute Gasteiger partial charge is 0.504 e. The number of halogens is 3. The summed E-state index contributed by atoms with van der Waals surface area (Å²) in [6, 6.07) is 12.7. The number of aromatic nitrogens is 1. The lowest BCUT2D eigenvalue weighted by atomic mass is 10.1. The molecular weight excluding hydrogens is 377 g/mol. The van der Waals surface area contributed by atoms with E-state index in [0.29, 0.717) is 11.3 Å². The highest BCUT2D eigenvalue weighted by Gasteiger charge is 2.33. The molecule has 138 valence electrons. The summed E-state index contributed by atoms with van der Waals surface area (Å²) in [6.45, 7) is 2.09. The number of rotatable bonds is 4. The number of nitrogens with zero attached hydrogens (tertiary/aromatic N) is 2. The molecule has 1 aromatic carbocycles. The normalized spacial score (nSPS) is 11.2. The SMILES string of the molecule is Cc1ccccc1COc1cc(C#N)c(O)c(-c2ccc(C(F)(F)F)s2)n1. The van der Waals surface area contributed by atoms with Gasteiger partial charge in [0.2, 0.25) is 5.88 Å². The summed E-state index contributed by atoms with van der Waals surface area (Å²) in [5.74, 6) is -0.430. The van der Waals surface area contributed by atoms with Crippen LogP contribution in [0.25, 0.3) is 10.6 Å². The molecule has 0 unspecified atom stereocenters. The molecule has 0 saturated carbocycles. The molecule has 0 bridgehead atoms. The van der Waals surface area contributed by atoms with E-state index >= 15 is 0 Å². The van der Waals surface area contributed by atoms with Crippen molar-refractivity contribution in [2.24, 2.45) is 0 Å². The second-order valence-electron chi connectivity index (χ2n) is 5.69. The molecule has 27 heavy (non-hydrogen) atoms. The number of alkyl halides is 3. The Bertz CT molecular complexity index is 1020. The molecule has 0 amide bonds. The van der Waals surface area contributed by atoms with Gasteiger partial charge in [0.1, 0.15) is 28.8 Å². The van der Waals surface area contributed by atoms with Crippen LogP contribution in [0, 0.1) is 18.3 Å². The van der Waals surface area contributed by atoms with Crippen molar-refractivity contribution in [2.75, 3.05) is 0 Å². The van der Waals surface area contributed by atoms with E-state index in [1.165, 1.54) is 12.1 Å². The quantitative estimate of drug-likeness (QED) is 0.657. The smallest absolute Gasteiger partial charge is 0.425 e. The number of ether oxygens (including phenoxy) is 1. The number of aromatic hydroxyl groups is 1. The van der Waals surface area contributed by atoms with Crippen LogP contribution in [0.5, 0.6) is 11.6 Å². The molecular formula is C19H13F3N2O2S. The Morgan fingerprint density at radius 3 is 2.59 bits per heavy atom. The summed E-state index contributed by atoms with van der Waals surface area (Å²) >= 11 is 0.439. The minimum Gasteiger partial charge on any atom is -0.504 e. The van der Waals surface area contributed by atoms with E-state index in [9.17, 15) is 23.5 Å². The molecule has 0 radical (unpaired) electrons. The molecule has 0 aliphatic rings. The van der Waals surface area contributed by atoms with Crippen molar-refractivity contribution in [3.8, 4) is 28.3 Å². The van der Waals surface area contributed by atoms with Crippen LogP contribution in [-0.2, 0) is 12.8 Å². The van der Waals surface area contributed by atoms with Crippen molar-refractivity contribution < 1.29 is 23.0 Å². The Hall–Kier alpha value is -3.05. The summed E-state index contributed by atoms with van der Waals surface area (Å²) < 4.78 is 44.1. The van der Waals surface area contributed by atoms with Crippen molar-refractivity contribution in [3.05, 3.63) is 64.0 Å². The third-order valence-electron chi connectivity index (χ3n) is 3.85. The third kappa shape index (κ3) is 4.04. The fourth-order valence-corrected chi connectivity index (χ4v) is 3.25. The molecule has 0 saturated heterocycles. The maximum atomic E-state index is 12.8. The van der Waals surface area contributed by atoms with Crippen LogP contribution in [0.1, 0.15) is 21.6 Å². The van der Waals surface area contributed by atoms with Gasteiger partial charge in [-0.3, -0.25) is 0 Å². The predicted molar refractivity (Wildman–Crippen MR) is 94.4 cm³/mol. The fraction of sp³-hybridized carbons (Fsp3) is 0.158. The van der Waals surface area contributed by atoms with E-state index in [-0.39, 0.29) is 28.6 Å². The van der Waals surface area contributed by atoms with Gasteiger partial charge in [-0.15, -0.1) is 11.3 Å². The van der Waals surface area contributed by atoms with Crippen LogP contribution in [0.2, 0.25) is 0 Å². The van der Waals surface area contributed by atoms with Crippen LogP contribution >= 0.6 is 11.3 Å². The number of aryl methyl sites for hydroxylation is 1. The minimum atomic E-state index is -4.49. The number of hydrogen-bond acceptors (Lipinski definition) is 5. The van der Waals surface area contributed by atoms with Gasteiger partial charge >= 0.3 is 6.18 Å². The summed E-state index contributed by atoms with van der Waals surface area (Å²) in [4.78, 5) is 3.39. The lowest BCUT2D eigenvalue weighted by Crippen LogP contribution is -2.01. The molecule has 0 atom stereocenters. The van der Waals surface area contributed by atoms with Gasteiger partial charge in [0, 0.05) is 6.07 Å². The summed E-state index contributed by atoms with van der Waals surface area (Å²) in [7, 11) is 0. The van der Waals surface area contributed by atoms with Crippen LogP contribution in [0.3, 0.4) is 0 Å². The molecule has 3 aromatic rings. The number of pyridine rings is 1. The second kappa shape index (κ2) is 7.29. The first-order valence-electron chi connectivity index (χ1n) is 7.78. The first-order chi connectivity index (χ1) is 12.8. The summed E-state index contributed by atoms with van der Waals surface area (Å²) in [6.07, 6.45) is -4.49. The Morgan fingerprint density at radius 2 is 1.96 bits per heavy atom. The highest BCUT2D eigenvalue weighted by molar-refractivity contribution is 7.15. The van der Waals surface area contributed by atoms with Crippen LogP contribution < -0.4 is 4.74 Å². The molecule has 4 nitrogen and oxygen atoms in total. The van der Waals surface area contributed by atoms with Crippen molar-refractivity contribution in [1.82, 2.24) is 4.98 Å². The second-order valence-corrected chi connectivity index (χ2v) is 6.78. The average Bonchev–Trinajstić information content (AvgIpc) is 3.12. The van der Waals surface area contributed by atoms with Crippen molar-refractivity contribution >= 4 is 11.3 Å². The zero-order chi connectivity index (χ0) is 19.6. The van der Waals surface area contributed by atoms with E-state index in [4.69, 9.17) is 4.74 Å². The van der Waals surface area contributed by atoms with Gasteiger partial charge in [-0.05, 0) is 30.2 Å². The van der Waals surface area contributed by atoms with Crippen LogP contribution in [-0.4, -0.2) is 10.1 Å². The lowest BCUT2D eigenvalue weighted by molar-refractivity contribution is -0.134. The standard InChI is InChI=1S/C19H13F3N2O2S/c1-11-4-2-3-5-12(11)10-26-16-8-13(9-23)18(25)17(24-16)14-6-7-15(27-14)19(20,21)22/h2-8,25H,10H2,1H3. The molecule has 0 aliphatic heterocycles. The van der Waals surface area contributed by atoms with Crippen molar-refractivity contribution in [2.45, 2.75) is 19.7 Å². The zero-order valence-electron chi connectivity index (χ0n) is 14.0. The van der Waals surface area contributed by atoms with E-state index in [0.717, 1.165) is 17.2 Å². The first kappa shape index (κ1) is 18.7. The maximum absolute atomic E-state index is 12.8. The highest BCUT2D eigenvalue weighted by Crippen LogP contribution is 2.41. The van der Waals surface area contributed by atoms with Crippen molar-refractivity contribution in [3.63, 3.8) is 0 Å². The third-order valence-corrected chi connectivity index (χ3v) is 4.98. The molecule has 2 heterocycles. The number of thiophene rings is 1. The Balaban J connectivity index is 1.95. The Kier molecular flexibility index (Phi) is 5.06. The molecule has 0 spiro atoms. The van der Waals surface area contributed by atoms with Crippen LogP contribution in [0.15, 0.2) is 42.5 Å². The monoisotopic (exact) mass is 390 g/mol. The Morgan fingerprint density at radius 1 is 1.22 bits per heavy atom. The highest BCUT2D eigenvalue weighted by atomic mass is 32.1. The van der Waals surface area contributed by atoms with E-state index in [2.05, 4.69) is 4.98 Å². The summed E-state index contributed by atoms with van der Waals surface area (Å²) in [5.41, 5.74) is 1.67. The average molecular weight is 390 g/mol. The van der Waals surface area contributed by atoms with Gasteiger partial charge in [-0.25, -0.2) is 4.98 Å². The predicted octanol–water partition coefficient (Wildman–Crippen LogP) is 5.29. The van der Waals surface area contributed by atoms with E-state index in [1.807, 2.05) is 31.2 Å². The maximum Gasteiger partial charge on any atom is 0.425 e. The van der Waals surface area contributed by atoms with Gasteiger partial charge in [0.05, 0.1) is 4.88 Å². The number of benzene rings is 1. The zero-order valence-corrected chi connectivity index (χ0v) is 14.9. The van der Waals surface area contributed by atoms with Gasteiger partial charge in [0.15, 0.2) is 5.75 Å². The van der Waals surface area contributed by atoms with E-state index < -0.39 is 16.8 Å². The molecule has 0 fully saturated rings. The van der Waals surface area contributed by atoms with Gasteiger partial charge in [-0.2, -0.15) is 18.4 Å². The van der Waals surface area contributed by atoms with Crippen LogP contribution in [0.4, 0.5) is 13.2 Å². The molecule has 2 aromatic heterocycles. The van der Waals surface area contributed by atoms with Gasteiger partial charge in [-0.1, -0.05) is 24.3 Å². The van der Waals surface area contributed by atoms with Gasteiger partial charge < -0.3 is 9.84 Å². The van der Waals surface area contributed by atoms with Crippen molar-refractivity contribution in [1.29, 1.82) is 5.26 Å². The Labute approximate surface area is 157 Å².